The van der Waals surface area contributed by atoms with Crippen LogP contribution in [0.25, 0.3) is 11.3 Å². The predicted octanol–water partition coefficient (Wildman–Crippen LogP) is 2.35. The molecule has 0 aliphatic rings. The number of carbonyl (C=O) groups excluding carboxylic acids is 2. The number of aromatic nitrogens is 2. The van der Waals surface area contributed by atoms with Gasteiger partial charge >= 0.3 is 0 Å². The van der Waals surface area contributed by atoms with Crippen LogP contribution in [0.3, 0.4) is 0 Å². The molecule has 0 spiro atoms. The molecule has 0 bridgehead atoms. The number of benzene rings is 1. The zero-order chi connectivity index (χ0) is 18.4. The molecule has 3 aromatic rings. The van der Waals surface area contributed by atoms with E-state index < -0.39 is 5.91 Å². The Labute approximate surface area is 149 Å². The summed E-state index contributed by atoms with van der Waals surface area (Å²) in [6.07, 6.45) is 8.38. The largest absolute Gasteiger partial charge is 0.355 e. The molecule has 2 aromatic heterocycles. The average molecular weight is 346 g/mol. The first-order valence-electron chi connectivity index (χ1n) is 7.68. The number of carbonyl (C=O) groups is 2. The Morgan fingerprint density at radius 1 is 1.15 bits per heavy atom. The molecule has 128 valence electrons. The molecule has 0 aliphatic heterocycles. The van der Waals surface area contributed by atoms with Crippen LogP contribution >= 0.6 is 0 Å². The minimum atomic E-state index is -0.499. The second-order valence-corrected chi connectivity index (χ2v) is 5.20. The monoisotopic (exact) mass is 346 g/mol. The lowest BCUT2D eigenvalue weighted by atomic mass is 10.1. The fourth-order valence-electron chi connectivity index (χ4n) is 2.23. The maximum atomic E-state index is 12.4. The van der Waals surface area contributed by atoms with E-state index in [1.807, 2.05) is 0 Å². The third-order valence-electron chi connectivity index (χ3n) is 3.46. The highest BCUT2D eigenvalue weighted by atomic mass is 16.5. The first kappa shape index (κ1) is 16.9. The lowest BCUT2D eigenvalue weighted by Crippen LogP contribution is -2.25. The second-order valence-electron chi connectivity index (χ2n) is 5.20. The minimum Gasteiger partial charge on any atom is -0.355 e. The van der Waals surface area contributed by atoms with Gasteiger partial charge in [-0.05, 0) is 24.3 Å². The van der Waals surface area contributed by atoms with E-state index in [4.69, 9.17) is 10.9 Å². The predicted molar refractivity (Wildman–Crippen MR) is 95.3 cm³/mol. The van der Waals surface area contributed by atoms with Gasteiger partial charge < -0.3 is 15.2 Å². The Balaban J connectivity index is 1.78. The number of terminal acetylenes is 1. The summed E-state index contributed by atoms with van der Waals surface area (Å²) in [5.41, 5.74) is 1.43. The van der Waals surface area contributed by atoms with Gasteiger partial charge in [-0.15, -0.1) is 6.42 Å². The summed E-state index contributed by atoms with van der Waals surface area (Å²) in [4.78, 5) is 28.6. The molecule has 0 atom stereocenters. The summed E-state index contributed by atoms with van der Waals surface area (Å²) in [5.74, 6) is 1.87. The van der Waals surface area contributed by atoms with Crippen molar-refractivity contribution in [2.24, 2.45) is 0 Å². The van der Waals surface area contributed by atoms with Crippen LogP contribution in [0, 0.1) is 12.3 Å². The third-order valence-corrected chi connectivity index (χ3v) is 3.46. The summed E-state index contributed by atoms with van der Waals surface area (Å²) < 4.78 is 5.19. The van der Waals surface area contributed by atoms with Gasteiger partial charge in [-0.3, -0.25) is 14.6 Å². The van der Waals surface area contributed by atoms with E-state index in [9.17, 15) is 9.59 Å². The van der Waals surface area contributed by atoms with Gasteiger partial charge in [0.05, 0.1) is 17.8 Å². The molecule has 2 N–H and O–H groups in total. The van der Waals surface area contributed by atoms with E-state index in [0.29, 0.717) is 22.6 Å². The van der Waals surface area contributed by atoms with E-state index >= 15 is 0 Å². The van der Waals surface area contributed by atoms with Crippen molar-refractivity contribution in [2.45, 2.75) is 0 Å². The van der Waals surface area contributed by atoms with Crippen LogP contribution in [-0.4, -0.2) is 28.5 Å². The number of amides is 2. The molecule has 0 unspecified atom stereocenters. The lowest BCUT2D eigenvalue weighted by Gasteiger charge is -2.09. The number of hydrogen-bond acceptors (Lipinski definition) is 5. The van der Waals surface area contributed by atoms with Gasteiger partial charge in [0, 0.05) is 24.0 Å². The molecule has 0 saturated heterocycles. The highest BCUT2D eigenvalue weighted by molar-refractivity contribution is 6.08. The number of pyridine rings is 1. The Morgan fingerprint density at radius 2 is 2.00 bits per heavy atom. The summed E-state index contributed by atoms with van der Waals surface area (Å²) in [7, 11) is 0. The summed E-state index contributed by atoms with van der Waals surface area (Å²) in [5, 5.41) is 8.99. The molecule has 0 aliphatic carbocycles. The Bertz CT molecular complexity index is 974. The van der Waals surface area contributed by atoms with Gasteiger partial charge in [-0.25, -0.2) is 0 Å². The molecule has 2 amide bonds. The lowest BCUT2D eigenvalue weighted by molar-refractivity contribution is 0.0959. The topological polar surface area (TPSA) is 97.1 Å². The van der Waals surface area contributed by atoms with Gasteiger partial charge in [0.1, 0.15) is 0 Å². The van der Waals surface area contributed by atoms with Gasteiger partial charge in [0.15, 0.2) is 11.5 Å². The second kappa shape index (κ2) is 7.77. The molecule has 3 rings (SSSR count). The molecule has 7 nitrogen and oxygen atoms in total. The fraction of sp³-hybridized carbons (Fsp3) is 0.0526. The van der Waals surface area contributed by atoms with Crippen molar-refractivity contribution in [1.29, 1.82) is 0 Å². The molecule has 26 heavy (non-hydrogen) atoms. The van der Waals surface area contributed by atoms with Crippen LogP contribution in [0.15, 0.2) is 59.4 Å². The maximum absolute atomic E-state index is 12.4. The number of anilines is 1. The minimum absolute atomic E-state index is 0.0858. The number of para-hydroxylation sites is 1. The van der Waals surface area contributed by atoms with Crippen molar-refractivity contribution in [3.8, 4) is 23.7 Å². The molecule has 2 heterocycles. The van der Waals surface area contributed by atoms with Gasteiger partial charge in [-0.2, -0.15) is 0 Å². The van der Waals surface area contributed by atoms with Crippen molar-refractivity contribution >= 4 is 17.5 Å². The van der Waals surface area contributed by atoms with E-state index in [1.165, 1.54) is 6.07 Å². The summed E-state index contributed by atoms with van der Waals surface area (Å²) in [6, 6.07) is 11.7. The third kappa shape index (κ3) is 3.76. The van der Waals surface area contributed by atoms with E-state index in [2.05, 4.69) is 26.7 Å². The van der Waals surface area contributed by atoms with Gasteiger partial charge in [-0.1, -0.05) is 23.2 Å². The normalized spacial score (nSPS) is 9.96. The molecule has 7 heteroatoms. The summed E-state index contributed by atoms with van der Waals surface area (Å²) >= 11 is 0. The average Bonchev–Trinajstić information content (AvgIpc) is 3.17. The number of nitrogens with one attached hydrogen (secondary N) is 2. The van der Waals surface area contributed by atoms with Crippen LogP contribution in [-0.2, 0) is 0 Å². The highest BCUT2D eigenvalue weighted by Gasteiger charge is 2.17. The molecule has 0 fully saturated rings. The maximum Gasteiger partial charge on any atom is 0.277 e. The molecule has 0 saturated carbocycles. The molecular formula is C19H14N4O3. The van der Waals surface area contributed by atoms with Crippen molar-refractivity contribution in [3.05, 3.63) is 66.1 Å². The Kier molecular flexibility index (Phi) is 5.05. The van der Waals surface area contributed by atoms with Crippen molar-refractivity contribution in [2.75, 3.05) is 11.9 Å². The first-order valence-corrected chi connectivity index (χ1v) is 7.68. The van der Waals surface area contributed by atoms with Gasteiger partial charge in [0.2, 0.25) is 0 Å². The quantitative estimate of drug-likeness (QED) is 0.691. The van der Waals surface area contributed by atoms with Crippen molar-refractivity contribution in [3.63, 3.8) is 0 Å². The fourth-order valence-corrected chi connectivity index (χ4v) is 2.23. The standard InChI is InChI=1S/C19H14N4O3/c1-2-9-21-18(24)14-7-3-4-8-15(14)22-19(25)16-11-17(26-23-16)13-6-5-10-20-12-13/h1,3-8,10-12H,9H2,(H,21,24)(H,22,25). The molecule has 0 radical (unpaired) electrons. The number of nitrogens with zero attached hydrogens (tertiary/aromatic N) is 2. The van der Waals surface area contributed by atoms with Crippen molar-refractivity contribution < 1.29 is 14.1 Å². The Hall–Kier alpha value is -3.92. The van der Waals surface area contributed by atoms with Gasteiger partial charge in [0.25, 0.3) is 11.8 Å². The molecular weight excluding hydrogens is 332 g/mol. The summed E-state index contributed by atoms with van der Waals surface area (Å²) in [6.45, 7) is 0.0961. The Morgan fingerprint density at radius 3 is 2.77 bits per heavy atom. The van der Waals surface area contributed by atoms with E-state index in [0.717, 1.165) is 0 Å². The first-order chi connectivity index (χ1) is 12.7. The van der Waals surface area contributed by atoms with Crippen LogP contribution < -0.4 is 10.6 Å². The van der Waals surface area contributed by atoms with Crippen LogP contribution in [0.4, 0.5) is 5.69 Å². The van der Waals surface area contributed by atoms with Crippen LogP contribution in [0.5, 0.6) is 0 Å². The highest BCUT2D eigenvalue weighted by Crippen LogP contribution is 2.20. The number of rotatable bonds is 5. The van der Waals surface area contributed by atoms with E-state index in [-0.39, 0.29) is 18.1 Å². The van der Waals surface area contributed by atoms with E-state index in [1.54, 1.807) is 48.8 Å². The smallest absolute Gasteiger partial charge is 0.277 e. The van der Waals surface area contributed by atoms with Crippen molar-refractivity contribution in [1.82, 2.24) is 15.5 Å². The van der Waals surface area contributed by atoms with Crippen LogP contribution in [0.2, 0.25) is 0 Å². The van der Waals surface area contributed by atoms with Crippen LogP contribution in [0.1, 0.15) is 20.8 Å². The molecule has 1 aromatic carbocycles. The SMILES string of the molecule is C#CCNC(=O)c1ccccc1NC(=O)c1cc(-c2cccnc2)on1. The number of hydrogen-bond donors (Lipinski definition) is 2. The zero-order valence-corrected chi connectivity index (χ0v) is 13.6. The zero-order valence-electron chi connectivity index (χ0n) is 13.6.